The number of alkyl halides is 3. The molecule has 1 saturated heterocycles. The van der Waals surface area contributed by atoms with Gasteiger partial charge in [0, 0.05) is 44.2 Å². The number of hydrogen-bond acceptors (Lipinski definition) is 8. The second-order valence-electron chi connectivity index (χ2n) is 11.9. The number of non-ortho nitro benzene ring substituents is 1. The van der Waals surface area contributed by atoms with E-state index < -0.39 is 53.2 Å². The Labute approximate surface area is 268 Å². The number of piperazine rings is 1. The molecule has 3 atom stereocenters. The van der Waals surface area contributed by atoms with Crippen LogP contribution in [0.2, 0.25) is 0 Å². The van der Waals surface area contributed by atoms with E-state index >= 15 is 0 Å². The van der Waals surface area contributed by atoms with Crippen LogP contribution in [0.3, 0.4) is 0 Å². The molecule has 2 aliphatic heterocycles. The summed E-state index contributed by atoms with van der Waals surface area (Å²) in [6.45, 7) is 3.96. The second kappa shape index (κ2) is 13.8. The van der Waals surface area contributed by atoms with Crippen LogP contribution in [-0.4, -0.2) is 79.8 Å². The number of benzene rings is 2. The first-order valence-electron chi connectivity index (χ1n) is 15.3. The number of halogens is 3. The molecule has 2 aliphatic rings. The van der Waals surface area contributed by atoms with E-state index in [2.05, 4.69) is 4.98 Å². The molecule has 0 saturated carbocycles. The number of nitro groups is 1. The molecule has 5 rings (SSSR count). The van der Waals surface area contributed by atoms with E-state index in [0.717, 1.165) is 21.4 Å². The van der Waals surface area contributed by atoms with E-state index in [-0.39, 0.29) is 30.0 Å². The molecule has 2 aromatic carbocycles. The van der Waals surface area contributed by atoms with Gasteiger partial charge < -0.3 is 24.0 Å². The Morgan fingerprint density at radius 3 is 2.38 bits per heavy atom. The number of anilines is 1. The zero-order valence-electron chi connectivity index (χ0n) is 25.9. The van der Waals surface area contributed by atoms with Crippen molar-refractivity contribution in [3.63, 3.8) is 0 Å². The van der Waals surface area contributed by atoms with E-state index in [1.54, 1.807) is 42.0 Å². The predicted molar refractivity (Wildman–Crippen MR) is 163 cm³/mol. The number of aromatic nitrogens is 2. The van der Waals surface area contributed by atoms with Crippen molar-refractivity contribution in [2.45, 2.75) is 70.7 Å². The van der Waals surface area contributed by atoms with Crippen molar-refractivity contribution in [3.05, 3.63) is 88.5 Å². The van der Waals surface area contributed by atoms with Crippen LogP contribution in [0.5, 0.6) is 0 Å². The SMILES string of the molecule is CC(C)[C@H]1C(=O)N(CCCCc2ccccc2)C(OC(=O)C(F)(F)F)C2N(CCCn3ccnc3)c3ccc([N+](=O)[O-])cc3C(=O)N21. The number of unbranched alkanes of at least 4 members (excludes halogenated alkanes) is 1. The number of fused-ring (bicyclic) bond motifs is 2. The minimum atomic E-state index is -5.37. The van der Waals surface area contributed by atoms with Gasteiger partial charge in [-0.2, -0.15) is 13.2 Å². The first kappa shape index (κ1) is 33.4. The number of ether oxygens (including phenoxy) is 1. The molecule has 0 N–H and O–H groups in total. The first-order valence-corrected chi connectivity index (χ1v) is 15.3. The third-order valence-corrected chi connectivity index (χ3v) is 8.39. The zero-order chi connectivity index (χ0) is 33.9. The summed E-state index contributed by atoms with van der Waals surface area (Å²) >= 11 is 0. The van der Waals surface area contributed by atoms with Crippen molar-refractivity contribution < 1.29 is 37.2 Å². The summed E-state index contributed by atoms with van der Waals surface area (Å²) < 4.78 is 48.0. The average Bonchev–Trinajstić information content (AvgIpc) is 3.55. The van der Waals surface area contributed by atoms with E-state index in [9.17, 15) is 37.7 Å². The van der Waals surface area contributed by atoms with Gasteiger partial charge in [-0.1, -0.05) is 44.2 Å². The van der Waals surface area contributed by atoms with Crippen LogP contribution < -0.4 is 4.90 Å². The normalized spacial score (nSPS) is 19.5. The van der Waals surface area contributed by atoms with Crippen molar-refractivity contribution in [3.8, 4) is 0 Å². The molecule has 1 fully saturated rings. The molecule has 2 amide bonds. The van der Waals surface area contributed by atoms with Crippen LogP contribution in [-0.2, 0) is 27.3 Å². The highest BCUT2D eigenvalue weighted by Gasteiger charge is 2.58. The number of carbonyl (C=O) groups is 3. The van der Waals surface area contributed by atoms with E-state index in [4.69, 9.17) is 4.74 Å². The van der Waals surface area contributed by atoms with E-state index in [1.807, 2.05) is 30.3 Å². The van der Waals surface area contributed by atoms with Crippen LogP contribution in [0.1, 0.15) is 49.0 Å². The van der Waals surface area contributed by atoms with E-state index in [0.29, 0.717) is 32.2 Å². The monoisotopic (exact) mass is 656 g/mol. The number of imidazole rings is 1. The standard InChI is InChI=1S/C32H35F3N6O6/c1-21(2)26-29(43)39(16-7-6-11-22-9-4-3-5-10-22)30(47-31(44)32(33,34)35)27-38(17-8-15-37-18-14-36-20-37)25-13-12-23(41(45)46)19-24(25)28(42)40(26)27/h3-5,9-10,12-14,18-21,26-27,30H,6-8,11,15-17H2,1-2H3/t26-,27?,30?/m0/s1. The van der Waals surface area contributed by atoms with Gasteiger partial charge in [0.15, 0.2) is 6.17 Å². The predicted octanol–water partition coefficient (Wildman–Crippen LogP) is 4.79. The zero-order valence-corrected chi connectivity index (χ0v) is 25.9. The summed E-state index contributed by atoms with van der Waals surface area (Å²) in [5.41, 5.74) is 0.838. The molecule has 2 unspecified atom stereocenters. The summed E-state index contributed by atoms with van der Waals surface area (Å²) in [4.78, 5) is 59.7. The summed E-state index contributed by atoms with van der Waals surface area (Å²) in [5.74, 6) is -4.44. The summed E-state index contributed by atoms with van der Waals surface area (Å²) in [6, 6.07) is 12.1. The Bertz CT molecular complexity index is 1600. The molecule has 3 heterocycles. The van der Waals surface area contributed by atoms with Crippen molar-refractivity contribution in [1.29, 1.82) is 0 Å². The lowest BCUT2D eigenvalue weighted by Gasteiger charge is -2.56. The Morgan fingerprint density at radius 1 is 1.02 bits per heavy atom. The Morgan fingerprint density at radius 2 is 1.74 bits per heavy atom. The largest absolute Gasteiger partial charge is 0.491 e. The summed E-state index contributed by atoms with van der Waals surface area (Å²) in [5, 5.41) is 11.6. The number of esters is 1. The fraction of sp³-hybridized carbons (Fsp3) is 0.438. The Hall–Kier alpha value is -4.95. The average molecular weight is 657 g/mol. The van der Waals surface area contributed by atoms with Crippen molar-refractivity contribution >= 4 is 29.2 Å². The Kier molecular flexibility index (Phi) is 9.82. The van der Waals surface area contributed by atoms with Gasteiger partial charge >= 0.3 is 12.1 Å². The summed E-state index contributed by atoms with van der Waals surface area (Å²) in [7, 11) is 0. The summed E-state index contributed by atoms with van der Waals surface area (Å²) in [6.07, 6.45) is -1.56. The molecule has 15 heteroatoms. The number of nitro benzene ring substituents is 1. The molecular formula is C32H35F3N6O6. The number of amides is 2. The van der Waals surface area contributed by atoms with Gasteiger partial charge in [0.2, 0.25) is 12.1 Å². The third-order valence-electron chi connectivity index (χ3n) is 8.39. The van der Waals surface area contributed by atoms with Crippen LogP contribution in [0, 0.1) is 16.0 Å². The first-order chi connectivity index (χ1) is 22.4. The molecule has 0 aliphatic carbocycles. The van der Waals surface area contributed by atoms with Crippen molar-refractivity contribution in [2.24, 2.45) is 5.92 Å². The maximum atomic E-state index is 14.2. The molecular weight excluding hydrogens is 621 g/mol. The number of hydrogen-bond donors (Lipinski definition) is 0. The molecule has 250 valence electrons. The van der Waals surface area contributed by atoms with Gasteiger partial charge in [0.25, 0.3) is 11.6 Å². The number of nitrogens with zero attached hydrogens (tertiary/aromatic N) is 6. The number of aryl methyl sites for hydroxylation is 2. The molecule has 0 bridgehead atoms. The lowest BCUT2D eigenvalue weighted by Crippen LogP contribution is -2.76. The molecule has 3 aromatic rings. The highest BCUT2D eigenvalue weighted by Crippen LogP contribution is 2.41. The number of carbonyl (C=O) groups excluding carboxylic acids is 3. The topological polar surface area (TPSA) is 131 Å². The quantitative estimate of drug-likeness (QED) is 0.118. The van der Waals surface area contributed by atoms with Gasteiger partial charge in [0.05, 0.1) is 22.5 Å². The second-order valence-corrected chi connectivity index (χ2v) is 11.9. The number of rotatable bonds is 12. The van der Waals surface area contributed by atoms with Gasteiger partial charge in [-0.05, 0) is 43.2 Å². The van der Waals surface area contributed by atoms with Crippen LogP contribution in [0.15, 0.2) is 67.3 Å². The van der Waals surface area contributed by atoms with Gasteiger partial charge in [-0.3, -0.25) is 19.7 Å². The fourth-order valence-electron chi connectivity index (χ4n) is 6.26. The van der Waals surface area contributed by atoms with E-state index in [1.165, 1.54) is 12.1 Å². The minimum Gasteiger partial charge on any atom is -0.430 e. The maximum Gasteiger partial charge on any atom is 0.491 e. The minimum absolute atomic E-state index is 0.0286. The molecule has 12 nitrogen and oxygen atoms in total. The lowest BCUT2D eigenvalue weighted by molar-refractivity contribution is -0.384. The van der Waals surface area contributed by atoms with Crippen molar-refractivity contribution in [2.75, 3.05) is 18.0 Å². The molecule has 1 aromatic heterocycles. The van der Waals surface area contributed by atoms with Crippen LogP contribution >= 0.6 is 0 Å². The van der Waals surface area contributed by atoms with Gasteiger partial charge in [-0.15, -0.1) is 0 Å². The van der Waals surface area contributed by atoms with Gasteiger partial charge in [-0.25, -0.2) is 9.78 Å². The van der Waals surface area contributed by atoms with Crippen LogP contribution in [0.4, 0.5) is 24.5 Å². The molecule has 0 radical (unpaired) electrons. The molecule has 0 spiro atoms. The highest BCUT2D eigenvalue weighted by molar-refractivity contribution is 6.05. The van der Waals surface area contributed by atoms with Gasteiger partial charge in [0.1, 0.15) is 6.04 Å². The highest BCUT2D eigenvalue weighted by atomic mass is 19.4. The Balaban J connectivity index is 1.57. The smallest absolute Gasteiger partial charge is 0.430 e. The van der Waals surface area contributed by atoms with Crippen LogP contribution in [0.25, 0.3) is 0 Å². The maximum absolute atomic E-state index is 14.2. The fourth-order valence-corrected chi connectivity index (χ4v) is 6.26. The lowest BCUT2D eigenvalue weighted by atomic mass is 9.91. The third kappa shape index (κ3) is 7.08. The molecule has 47 heavy (non-hydrogen) atoms. The van der Waals surface area contributed by atoms with Crippen molar-refractivity contribution in [1.82, 2.24) is 19.4 Å².